The number of benzene rings is 1. The predicted octanol–water partition coefficient (Wildman–Crippen LogP) is 3.03. The van der Waals surface area contributed by atoms with Gasteiger partial charge in [0.1, 0.15) is 11.5 Å². The molecule has 1 unspecified atom stereocenters. The summed E-state index contributed by atoms with van der Waals surface area (Å²) in [5.74, 6) is 8.87. The normalized spacial score (nSPS) is 24.2. The third-order valence-corrected chi connectivity index (χ3v) is 4.49. The van der Waals surface area contributed by atoms with E-state index in [1.165, 1.54) is 25.7 Å². The van der Waals surface area contributed by atoms with Gasteiger partial charge in [-0.3, -0.25) is 11.3 Å². The van der Waals surface area contributed by atoms with Gasteiger partial charge in [0, 0.05) is 11.6 Å². The van der Waals surface area contributed by atoms with Crippen LogP contribution >= 0.6 is 0 Å². The summed E-state index contributed by atoms with van der Waals surface area (Å²) in [6.07, 6.45) is 4.99. The number of ether oxygens (including phenoxy) is 2. The van der Waals surface area contributed by atoms with E-state index in [4.69, 9.17) is 15.3 Å². The van der Waals surface area contributed by atoms with Crippen LogP contribution in [0.2, 0.25) is 0 Å². The molecule has 1 saturated carbocycles. The standard InChI is InChI=1S/C16H26N2O2/c1-11-4-6-12(7-5-11)16(18-17)14-9-8-13(19-2)10-15(14)20-3/h8-12,16,18H,4-7,17H2,1-3H3. The zero-order valence-electron chi connectivity index (χ0n) is 12.7. The van der Waals surface area contributed by atoms with E-state index in [1.54, 1.807) is 14.2 Å². The van der Waals surface area contributed by atoms with Gasteiger partial charge in [0.25, 0.3) is 0 Å². The largest absolute Gasteiger partial charge is 0.497 e. The van der Waals surface area contributed by atoms with Crippen molar-refractivity contribution in [3.05, 3.63) is 23.8 Å². The van der Waals surface area contributed by atoms with Crippen LogP contribution < -0.4 is 20.7 Å². The maximum atomic E-state index is 5.83. The van der Waals surface area contributed by atoms with Crippen LogP contribution in [-0.2, 0) is 0 Å². The molecule has 112 valence electrons. The van der Waals surface area contributed by atoms with E-state index in [1.807, 2.05) is 12.1 Å². The Hall–Kier alpha value is -1.26. The number of hydrazine groups is 1. The van der Waals surface area contributed by atoms with Crippen molar-refractivity contribution in [3.8, 4) is 11.5 Å². The van der Waals surface area contributed by atoms with E-state index in [0.717, 1.165) is 23.0 Å². The fourth-order valence-corrected chi connectivity index (χ4v) is 3.17. The fourth-order valence-electron chi connectivity index (χ4n) is 3.17. The molecule has 1 aromatic carbocycles. The molecule has 2 rings (SSSR count). The van der Waals surface area contributed by atoms with E-state index < -0.39 is 0 Å². The molecule has 1 aliphatic rings. The van der Waals surface area contributed by atoms with Crippen molar-refractivity contribution < 1.29 is 9.47 Å². The number of hydrogen-bond acceptors (Lipinski definition) is 4. The van der Waals surface area contributed by atoms with Crippen molar-refractivity contribution in [1.82, 2.24) is 5.43 Å². The lowest BCUT2D eigenvalue weighted by atomic mass is 9.77. The maximum absolute atomic E-state index is 5.83. The van der Waals surface area contributed by atoms with Gasteiger partial charge in [0.05, 0.1) is 20.3 Å². The summed E-state index contributed by atoms with van der Waals surface area (Å²) in [4.78, 5) is 0. The van der Waals surface area contributed by atoms with Gasteiger partial charge in [-0.1, -0.05) is 25.8 Å². The summed E-state index contributed by atoms with van der Waals surface area (Å²) >= 11 is 0. The van der Waals surface area contributed by atoms with E-state index in [0.29, 0.717) is 5.92 Å². The van der Waals surface area contributed by atoms with Crippen LogP contribution in [0, 0.1) is 11.8 Å². The topological polar surface area (TPSA) is 56.5 Å². The third-order valence-electron chi connectivity index (χ3n) is 4.49. The molecular formula is C16H26N2O2. The fraction of sp³-hybridized carbons (Fsp3) is 0.625. The lowest BCUT2D eigenvalue weighted by Crippen LogP contribution is -2.35. The number of nitrogens with two attached hydrogens (primary N) is 1. The molecule has 4 heteroatoms. The zero-order chi connectivity index (χ0) is 14.5. The highest BCUT2D eigenvalue weighted by atomic mass is 16.5. The summed E-state index contributed by atoms with van der Waals surface area (Å²) in [6.45, 7) is 2.33. The van der Waals surface area contributed by atoms with Crippen molar-refractivity contribution in [1.29, 1.82) is 0 Å². The van der Waals surface area contributed by atoms with Crippen molar-refractivity contribution in [2.45, 2.75) is 38.6 Å². The van der Waals surface area contributed by atoms with Crippen LogP contribution in [0.4, 0.5) is 0 Å². The second kappa shape index (κ2) is 6.95. The predicted molar refractivity (Wildman–Crippen MR) is 80.7 cm³/mol. The van der Waals surface area contributed by atoms with Crippen molar-refractivity contribution >= 4 is 0 Å². The molecule has 1 atom stereocenters. The molecular weight excluding hydrogens is 252 g/mol. The Morgan fingerprint density at radius 3 is 2.40 bits per heavy atom. The third kappa shape index (κ3) is 3.25. The SMILES string of the molecule is COc1ccc(C(NN)C2CCC(C)CC2)c(OC)c1. The van der Waals surface area contributed by atoms with Gasteiger partial charge in [0.15, 0.2) is 0 Å². The molecule has 1 fully saturated rings. The molecule has 0 bridgehead atoms. The monoisotopic (exact) mass is 278 g/mol. The number of nitrogens with one attached hydrogen (secondary N) is 1. The molecule has 0 aromatic heterocycles. The molecule has 20 heavy (non-hydrogen) atoms. The van der Waals surface area contributed by atoms with Crippen LogP contribution in [0.1, 0.15) is 44.2 Å². The lowest BCUT2D eigenvalue weighted by molar-refractivity contribution is 0.229. The first-order valence-corrected chi connectivity index (χ1v) is 7.37. The molecule has 1 aromatic rings. The molecule has 3 N–H and O–H groups in total. The van der Waals surface area contributed by atoms with Crippen LogP contribution in [0.5, 0.6) is 11.5 Å². The van der Waals surface area contributed by atoms with Gasteiger partial charge in [-0.2, -0.15) is 0 Å². The first-order valence-electron chi connectivity index (χ1n) is 7.37. The molecule has 0 heterocycles. The Morgan fingerprint density at radius 1 is 1.15 bits per heavy atom. The van der Waals surface area contributed by atoms with Crippen LogP contribution in [0.3, 0.4) is 0 Å². The van der Waals surface area contributed by atoms with Crippen molar-refractivity contribution in [3.63, 3.8) is 0 Å². The van der Waals surface area contributed by atoms with Gasteiger partial charge in [0.2, 0.25) is 0 Å². The number of rotatable bonds is 5. The first-order chi connectivity index (χ1) is 9.69. The highest BCUT2D eigenvalue weighted by Crippen LogP contribution is 2.40. The van der Waals surface area contributed by atoms with Gasteiger partial charge in [-0.05, 0) is 30.7 Å². The second-order valence-electron chi connectivity index (χ2n) is 5.77. The number of hydrogen-bond donors (Lipinski definition) is 2. The molecule has 0 saturated heterocycles. The summed E-state index contributed by atoms with van der Waals surface area (Å²) in [7, 11) is 3.35. The summed E-state index contributed by atoms with van der Waals surface area (Å²) < 4.78 is 10.8. The lowest BCUT2D eigenvalue weighted by Gasteiger charge is -2.33. The minimum atomic E-state index is 0.142. The second-order valence-corrected chi connectivity index (χ2v) is 5.77. The van der Waals surface area contributed by atoms with Crippen molar-refractivity contribution in [2.24, 2.45) is 17.7 Å². The van der Waals surface area contributed by atoms with Gasteiger partial charge in [-0.15, -0.1) is 0 Å². The van der Waals surface area contributed by atoms with E-state index in [-0.39, 0.29) is 6.04 Å². The molecule has 0 amide bonds. The first kappa shape index (κ1) is 15.1. The average molecular weight is 278 g/mol. The quantitative estimate of drug-likeness (QED) is 0.642. The molecule has 4 nitrogen and oxygen atoms in total. The van der Waals surface area contributed by atoms with Crippen LogP contribution in [-0.4, -0.2) is 14.2 Å². The maximum Gasteiger partial charge on any atom is 0.127 e. The minimum absolute atomic E-state index is 0.142. The molecule has 0 spiro atoms. The van der Waals surface area contributed by atoms with Crippen molar-refractivity contribution in [2.75, 3.05) is 14.2 Å². The van der Waals surface area contributed by atoms with Gasteiger partial charge >= 0.3 is 0 Å². The number of methoxy groups -OCH3 is 2. The summed E-state index contributed by atoms with van der Waals surface area (Å²) in [5.41, 5.74) is 4.11. The molecule has 1 aliphatic carbocycles. The highest BCUT2D eigenvalue weighted by Gasteiger charge is 2.28. The van der Waals surface area contributed by atoms with Crippen LogP contribution in [0.15, 0.2) is 18.2 Å². The van der Waals surface area contributed by atoms with Gasteiger partial charge < -0.3 is 9.47 Å². The van der Waals surface area contributed by atoms with Crippen LogP contribution in [0.25, 0.3) is 0 Å². The van der Waals surface area contributed by atoms with E-state index in [2.05, 4.69) is 18.4 Å². The Bertz CT molecular complexity index is 428. The van der Waals surface area contributed by atoms with Gasteiger partial charge in [-0.25, -0.2) is 0 Å². The average Bonchev–Trinajstić information content (AvgIpc) is 2.50. The highest BCUT2D eigenvalue weighted by molar-refractivity contribution is 5.42. The Morgan fingerprint density at radius 2 is 1.85 bits per heavy atom. The Balaban J connectivity index is 2.22. The minimum Gasteiger partial charge on any atom is -0.497 e. The molecule has 0 radical (unpaired) electrons. The molecule has 0 aliphatic heterocycles. The smallest absolute Gasteiger partial charge is 0.127 e. The van der Waals surface area contributed by atoms with E-state index in [9.17, 15) is 0 Å². The van der Waals surface area contributed by atoms with E-state index >= 15 is 0 Å². The Kier molecular flexibility index (Phi) is 5.26. The summed E-state index contributed by atoms with van der Waals surface area (Å²) in [6, 6.07) is 6.09. The Labute approximate surface area is 121 Å². The zero-order valence-corrected chi connectivity index (χ0v) is 12.7. The summed E-state index contributed by atoms with van der Waals surface area (Å²) in [5, 5.41) is 0.